The highest BCUT2D eigenvalue weighted by Gasteiger charge is 2.28. The SMILES string of the molecule is O=C1C/C(=C\c2cnn3c(NC4CC4)nc(N4CC[C@H](F)C4)nc23)C(=O)N1. The molecule has 2 amide bonds. The Hall–Kier alpha value is -3.04. The fourth-order valence-electron chi connectivity index (χ4n) is 3.34. The van der Waals surface area contributed by atoms with Crippen LogP contribution in [0.15, 0.2) is 11.8 Å². The summed E-state index contributed by atoms with van der Waals surface area (Å²) >= 11 is 0. The molecule has 2 aromatic heterocycles. The molecule has 1 saturated carbocycles. The molecular formula is C17H18FN7O2. The average Bonchev–Trinajstić information content (AvgIpc) is 3.04. The third-order valence-corrected chi connectivity index (χ3v) is 4.93. The summed E-state index contributed by atoms with van der Waals surface area (Å²) in [6.07, 6.45) is 4.97. The van der Waals surface area contributed by atoms with Crippen LogP contribution in [0, 0.1) is 0 Å². The highest BCUT2D eigenvalue weighted by molar-refractivity contribution is 6.15. The van der Waals surface area contributed by atoms with Crippen LogP contribution >= 0.6 is 0 Å². The van der Waals surface area contributed by atoms with Gasteiger partial charge in [0.25, 0.3) is 5.91 Å². The minimum absolute atomic E-state index is 0.0386. The molecule has 0 radical (unpaired) electrons. The summed E-state index contributed by atoms with van der Waals surface area (Å²) in [6.45, 7) is 0.822. The zero-order valence-corrected chi connectivity index (χ0v) is 14.5. The van der Waals surface area contributed by atoms with E-state index in [0.717, 1.165) is 12.8 Å². The van der Waals surface area contributed by atoms with Gasteiger partial charge in [-0.3, -0.25) is 14.9 Å². The predicted octanol–water partition coefficient (Wildman–Crippen LogP) is 0.677. The van der Waals surface area contributed by atoms with Gasteiger partial charge >= 0.3 is 0 Å². The number of alkyl halides is 1. The molecule has 27 heavy (non-hydrogen) atoms. The number of hydrogen-bond acceptors (Lipinski definition) is 7. The van der Waals surface area contributed by atoms with Crippen LogP contribution in [-0.4, -0.2) is 56.7 Å². The summed E-state index contributed by atoms with van der Waals surface area (Å²) in [4.78, 5) is 34.2. The van der Waals surface area contributed by atoms with Gasteiger partial charge in [-0.15, -0.1) is 0 Å². The van der Waals surface area contributed by atoms with Crippen LogP contribution in [0.5, 0.6) is 0 Å². The van der Waals surface area contributed by atoms with E-state index in [1.54, 1.807) is 16.8 Å². The smallest absolute Gasteiger partial charge is 0.254 e. The van der Waals surface area contributed by atoms with Gasteiger partial charge in [-0.2, -0.15) is 19.6 Å². The Bertz CT molecular complexity index is 981. The van der Waals surface area contributed by atoms with Crippen LogP contribution < -0.4 is 15.5 Å². The molecule has 1 aliphatic carbocycles. The number of imide groups is 1. The average molecular weight is 371 g/mol. The zero-order chi connectivity index (χ0) is 18.5. The quantitative estimate of drug-likeness (QED) is 0.601. The molecule has 5 rings (SSSR count). The lowest BCUT2D eigenvalue weighted by atomic mass is 10.1. The number of carbonyl (C=O) groups excluding carboxylic acids is 2. The van der Waals surface area contributed by atoms with E-state index in [1.165, 1.54) is 0 Å². The summed E-state index contributed by atoms with van der Waals surface area (Å²) in [6, 6.07) is 0.354. The van der Waals surface area contributed by atoms with Gasteiger partial charge in [0, 0.05) is 23.7 Å². The minimum atomic E-state index is -0.885. The third-order valence-electron chi connectivity index (χ3n) is 4.93. The summed E-state index contributed by atoms with van der Waals surface area (Å²) in [5.41, 5.74) is 1.51. The number of rotatable bonds is 4. The van der Waals surface area contributed by atoms with E-state index < -0.39 is 12.1 Å². The standard InChI is InChI=1S/C17H18FN7O2/c18-11-3-4-24(8-11)16-22-14-10(5-9-6-13(26)21-15(9)27)7-19-25(14)17(23-16)20-12-1-2-12/h5,7,11-12H,1-4,6,8H2,(H,20,22,23)(H,21,26,27)/b9-5+/t11-/m0/s1. The van der Waals surface area contributed by atoms with Crippen LogP contribution in [0.4, 0.5) is 16.3 Å². The molecule has 0 unspecified atom stereocenters. The van der Waals surface area contributed by atoms with Gasteiger partial charge < -0.3 is 10.2 Å². The van der Waals surface area contributed by atoms with Crippen molar-refractivity contribution in [2.45, 2.75) is 37.9 Å². The lowest BCUT2D eigenvalue weighted by molar-refractivity contribution is -0.124. The van der Waals surface area contributed by atoms with Gasteiger partial charge in [0.1, 0.15) is 6.17 Å². The van der Waals surface area contributed by atoms with E-state index in [9.17, 15) is 14.0 Å². The molecule has 10 heteroatoms. The third kappa shape index (κ3) is 3.00. The molecule has 2 aromatic rings. The van der Waals surface area contributed by atoms with Gasteiger partial charge in [0.2, 0.25) is 17.8 Å². The Kier molecular flexibility index (Phi) is 3.59. The molecular weight excluding hydrogens is 353 g/mol. The second-order valence-corrected chi connectivity index (χ2v) is 7.16. The summed E-state index contributed by atoms with van der Waals surface area (Å²) < 4.78 is 15.2. The maximum absolute atomic E-state index is 13.6. The second kappa shape index (κ2) is 6.00. The number of aromatic nitrogens is 4. The predicted molar refractivity (Wildman–Crippen MR) is 94.9 cm³/mol. The van der Waals surface area contributed by atoms with E-state index in [4.69, 9.17) is 0 Å². The molecule has 3 aliphatic rings. The van der Waals surface area contributed by atoms with Gasteiger partial charge in [-0.05, 0) is 25.3 Å². The van der Waals surface area contributed by atoms with Crippen LogP contribution in [0.25, 0.3) is 11.7 Å². The van der Waals surface area contributed by atoms with Gasteiger partial charge in [-0.25, -0.2) is 4.39 Å². The number of hydrogen-bond donors (Lipinski definition) is 2. The number of fused-ring (bicyclic) bond motifs is 1. The second-order valence-electron chi connectivity index (χ2n) is 7.16. The van der Waals surface area contributed by atoms with E-state index >= 15 is 0 Å². The molecule has 2 aliphatic heterocycles. The molecule has 2 saturated heterocycles. The Balaban J connectivity index is 1.59. The van der Waals surface area contributed by atoms with Crippen molar-refractivity contribution in [2.75, 3.05) is 23.3 Å². The number of nitrogens with zero attached hydrogens (tertiary/aromatic N) is 5. The fraction of sp³-hybridized carbons (Fsp3) is 0.471. The van der Waals surface area contributed by atoms with Crippen molar-refractivity contribution in [1.82, 2.24) is 24.9 Å². The van der Waals surface area contributed by atoms with Crippen LogP contribution in [0.1, 0.15) is 31.2 Å². The van der Waals surface area contributed by atoms with Crippen molar-refractivity contribution >= 4 is 35.4 Å². The highest BCUT2D eigenvalue weighted by atomic mass is 19.1. The Morgan fingerprint density at radius 3 is 2.78 bits per heavy atom. The van der Waals surface area contributed by atoms with Crippen molar-refractivity contribution in [3.05, 3.63) is 17.3 Å². The first-order chi connectivity index (χ1) is 13.1. The van der Waals surface area contributed by atoms with E-state index in [2.05, 4.69) is 25.7 Å². The molecule has 1 atom stereocenters. The molecule has 140 valence electrons. The maximum atomic E-state index is 13.6. The Morgan fingerprint density at radius 1 is 1.26 bits per heavy atom. The van der Waals surface area contributed by atoms with E-state index in [-0.39, 0.29) is 18.9 Å². The normalized spacial score (nSPS) is 24.3. The van der Waals surface area contributed by atoms with Gasteiger partial charge in [0.15, 0.2) is 5.65 Å². The van der Waals surface area contributed by atoms with Gasteiger partial charge in [0.05, 0.1) is 19.2 Å². The summed E-state index contributed by atoms with van der Waals surface area (Å²) in [5, 5.41) is 9.94. The molecule has 4 heterocycles. The molecule has 0 spiro atoms. The molecule has 2 N–H and O–H groups in total. The topological polar surface area (TPSA) is 105 Å². The van der Waals surface area contributed by atoms with Crippen LogP contribution in [0.2, 0.25) is 0 Å². The van der Waals surface area contributed by atoms with Crippen molar-refractivity contribution in [1.29, 1.82) is 0 Å². The minimum Gasteiger partial charge on any atom is -0.351 e. The van der Waals surface area contributed by atoms with Crippen LogP contribution in [0.3, 0.4) is 0 Å². The number of amides is 2. The number of carbonyl (C=O) groups is 2. The molecule has 0 aromatic carbocycles. The van der Waals surface area contributed by atoms with E-state index in [1.807, 2.05) is 4.90 Å². The monoisotopic (exact) mass is 371 g/mol. The number of anilines is 2. The maximum Gasteiger partial charge on any atom is 0.254 e. The number of halogens is 1. The fourth-order valence-corrected chi connectivity index (χ4v) is 3.34. The number of nitrogens with one attached hydrogen (secondary N) is 2. The van der Waals surface area contributed by atoms with Crippen molar-refractivity contribution in [3.63, 3.8) is 0 Å². The highest BCUT2D eigenvalue weighted by Crippen LogP contribution is 2.28. The Labute approximate surface area is 153 Å². The first-order valence-corrected chi connectivity index (χ1v) is 9.03. The zero-order valence-electron chi connectivity index (χ0n) is 14.5. The summed E-state index contributed by atoms with van der Waals surface area (Å²) in [7, 11) is 0. The van der Waals surface area contributed by atoms with Crippen LogP contribution in [-0.2, 0) is 9.59 Å². The largest absolute Gasteiger partial charge is 0.351 e. The van der Waals surface area contributed by atoms with Crippen molar-refractivity contribution < 1.29 is 14.0 Å². The molecule has 3 fully saturated rings. The Morgan fingerprint density at radius 2 is 2.11 bits per heavy atom. The first kappa shape index (κ1) is 16.2. The van der Waals surface area contributed by atoms with Crippen molar-refractivity contribution in [2.24, 2.45) is 0 Å². The summed E-state index contributed by atoms with van der Waals surface area (Å²) in [5.74, 6) is 0.277. The van der Waals surface area contributed by atoms with E-state index in [0.29, 0.717) is 47.7 Å². The molecule has 0 bridgehead atoms. The first-order valence-electron chi connectivity index (χ1n) is 9.03. The lowest BCUT2D eigenvalue weighted by Gasteiger charge is -2.17. The molecule has 9 nitrogen and oxygen atoms in total. The lowest BCUT2D eigenvalue weighted by Crippen LogP contribution is -2.24. The van der Waals surface area contributed by atoms with Gasteiger partial charge in [-0.1, -0.05) is 0 Å². The van der Waals surface area contributed by atoms with Crippen molar-refractivity contribution in [3.8, 4) is 0 Å².